The maximum Gasteiger partial charge on any atom is 0.255 e. The molecule has 7 heteroatoms. The Balaban J connectivity index is 2.23. The average molecular weight is 360 g/mol. The van der Waals surface area contributed by atoms with E-state index in [4.69, 9.17) is 9.47 Å². The fourth-order valence-corrected chi connectivity index (χ4v) is 2.26. The average Bonchev–Trinajstić information content (AvgIpc) is 2.57. The maximum atomic E-state index is 14.0. The van der Waals surface area contributed by atoms with Crippen molar-refractivity contribution in [3.05, 3.63) is 47.8 Å². The molecular formula is C19H21FN2O4. The van der Waals surface area contributed by atoms with Crippen LogP contribution in [0.5, 0.6) is 11.5 Å². The first-order chi connectivity index (χ1) is 12.3. The summed E-state index contributed by atoms with van der Waals surface area (Å²) in [6.07, 6.45) is -0.0470. The van der Waals surface area contributed by atoms with E-state index in [2.05, 4.69) is 10.6 Å². The highest BCUT2D eigenvalue weighted by Crippen LogP contribution is 2.29. The van der Waals surface area contributed by atoms with Crippen molar-refractivity contribution >= 4 is 23.2 Å². The van der Waals surface area contributed by atoms with Gasteiger partial charge in [0.1, 0.15) is 5.82 Å². The van der Waals surface area contributed by atoms with Crippen LogP contribution in [-0.4, -0.2) is 25.0 Å². The summed E-state index contributed by atoms with van der Waals surface area (Å²) < 4.78 is 24.8. The molecule has 0 fully saturated rings. The number of amides is 2. The van der Waals surface area contributed by atoms with E-state index in [9.17, 15) is 14.0 Å². The first-order valence-electron chi connectivity index (χ1n) is 8.03. The molecule has 0 saturated carbocycles. The molecule has 0 radical (unpaired) electrons. The fraction of sp³-hybridized carbons (Fsp3) is 0.263. The van der Waals surface area contributed by atoms with Crippen LogP contribution in [0, 0.1) is 5.82 Å². The number of rotatable bonds is 6. The van der Waals surface area contributed by atoms with Gasteiger partial charge in [0.15, 0.2) is 11.5 Å². The molecule has 0 spiro atoms. The van der Waals surface area contributed by atoms with E-state index in [1.54, 1.807) is 12.1 Å². The van der Waals surface area contributed by atoms with Gasteiger partial charge < -0.3 is 20.1 Å². The van der Waals surface area contributed by atoms with Crippen molar-refractivity contribution in [1.29, 1.82) is 0 Å². The van der Waals surface area contributed by atoms with Gasteiger partial charge in [-0.2, -0.15) is 0 Å². The Morgan fingerprint density at radius 2 is 1.77 bits per heavy atom. The quantitative estimate of drug-likeness (QED) is 0.821. The number of anilines is 2. The molecule has 138 valence electrons. The Bertz CT molecular complexity index is 821. The fourth-order valence-electron chi connectivity index (χ4n) is 2.26. The second kappa shape index (κ2) is 8.33. The van der Waals surface area contributed by atoms with Crippen molar-refractivity contribution in [3.8, 4) is 11.5 Å². The third-order valence-electron chi connectivity index (χ3n) is 3.32. The van der Waals surface area contributed by atoms with E-state index in [1.807, 2.05) is 13.8 Å². The first kappa shape index (κ1) is 19.2. The van der Waals surface area contributed by atoms with Crippen LogP contribution in [0.1, 0.15) is 31.1 Å². The zero-order valence-corrected chi connectivity index (χ0v) is 15.1. The maximum absolute atomic E-state index is 14.0. The number of carbonyl (C=O) groups excluding carboxylic acids is 2. The number of nitrogens with one attached hydrogen (secondary N) is 2. The number of carbonyl (C=O) groups is 2. The Labute approximate surface area is 151 Å². The molecule has 0 heterocycles. The molecule has 0 aliphatic heterocycles. The van der Waals surface area contributed by atoms with Crippen LogP contribution in [0.25, 0.3) is 0 Å². The monoisotopic (exact) mass is 360 g/mol. The molecule has 0 atom stereocenters. The molecule has 0 bridgehead atoms. The number of halogens is 1. The number of benzene rings is 2. The molecule has 2 aromatic rings. The van der Waals surface area contributed by atoms with Gasteiger partial charge in [-0.25, -0.2) is 4.39 Å². The number of hydrogen-bond acceptors (Lipinski definition) is 4. The zero-order chi connectivity index (χ0) is 19.3. The minimum absolute atomic E-state index is 0.0391. The zero-order valence-electron chi connectivity index (χ0n) is 15.1. The standard InChI is InChI=1S/C19H21FN2O4/c1-11(2)26-17-8-5-13(9-18(17)25-4)19(24)22-16-10-14(21-12(3)23)6-7-15(16)20/h5-11H,1-4H3,(H,21,23)(H,22,24). The van der Waals surface area contributed by atoms with Crippen molar-refractivity contribution in [2.45, 2.75) is 26.9 Å². The number of ether oxygens (including phenoxy) is 2. The Morgan fingerprint density at radius 1 is 1.04 bits per heavy atom. The second-order valence-corrected chi connectivity index (χ2v) is 5.86. The lowest BCUT2D eigenvalue weighted by atomic mass is 10.1. The van der Waals surface area contributed by atoms with E-state index in [0.29, 0.717) is 17.2 Å². The van der Waals surface area contributed by atoms with Crippen LogP contribution < -0.4 is 20.1 Å². The predicted octanol–water partition coefficient (Wildman–Crippen LogP) is 3.83. The Hall–Kier alpha value is -3.09. The first-order valence-corrected chi connectivity index (χ1v) is 8.03. The van der Waals surface area contributed by atoms with Gasteiger partial charge in [-0.1, -0.05) is 0 Å². The van der Waals surface area contributed by atoms with E-state index in [0.717, 1.165) is 0 Å². The van der Waals surface area contributed by atoms with Gasteiger partial charge in [0.2, 0.25) is 5.91 Å². The third kappa shape index (κ3) is 4.95. The highest BCUT2D eigenvalue weighted by atomic mass is 19.1. The van der Waals surface area contributed by atoms with Gasteiger partial charge in [0.05, 0.1) is 18.9 Å². The predicted molar refractivity (Wildman–Crippen MR) is 97.4 cm³/mol. The molecule has 2 N–H and O–H groups in total. The van der Waals surface area contributed by atoms with Crippen LogP contribution in [0.2, 0.25) is 0 Å². The lowest BCUT2D eigenvalue weighted by molar-refractivity contribution is -0.114. The van der Waals surface area contributed by atoms with Gasteiger partial charge in [-0.05, 0) is 50.2 Å². The Kier molecular flexibility index (Phi) is 6.16. The summed E-state index contributed by atoms with van der Waals surface area (Å²) >= 11 is 0. The summed E-state index contributed by atoms with van der Waals surface area (Å²) in [6, 6.07) is 8.63. The molecule has 26 heavy (non-hydrogen) atoms. The molecule has 0 saturated heterocycles. The van der Waals surface area contributed by atoms with Gasteiger partial charge >= 0.3 is 0 Å². The highest BCUT2D eigenvalue weighted by Gasteiger charge is 2.14. The molecule has 0 aliphatic carbocycles. The molecule has 2 rings (SSSR count). The van der Waals surface area contributed by atoms with Gasteiger partial charge in [0, 0.05) is 18.2 Å². The summed E-state index contributed by atoms with van der Waals surface area (Å²) in [7, 11) is 1.47. The summed E-state index contributed by atoms with van der Waals surface area (Å²) in [6.45, 7) is 5.10. The van der Waals surface area contributed by atoms with Crippen molar-refractivity contribution in [2.24, 2.45) is 0 Å². The van der Waals surface area contributed by atoms with Crippen LogP contribution in [0.4, 0.5) is 15.8 Å². The number of hydrogen-bond donors (Lipinski definition) is 2. The van der Waals surface area contributed by atoms with E-state index in [1.165, 1.54) is 38.3 Å². The SMILES string of the molecule is COc1cc(C(=O)Nc2cc(NC(C)=O)ccc2F)ccc1OC(C)C. The van der Waals surface area contributed by atoms with Crippen LogP contribution in [0.3, 0.4) is 0 Å². The molecule has 0 unspecified atom stereocenters. The number of methoxy groups -OCH3 is 1. The van der Waals surface area contributed by atoms with E-state index in [-0.39, 0.29) is 23.3 Å². The van der Waals surface area contributed by atoms with Crippen molar-refractivity contribution in [2.75, 3.05) is 17.7 Å². The molecule has 6 nitrogen and oxygen atoms in total. The van der Waals surface area contributed by atoms with Gasteiger partial charge in [-0.3, -0.25) is 9.59 Å². The molecule has 0 aromatic heterocycles. The minimum Gasteiger partial charge on any atom is -0.493 e. The molecule has 0 aliphatic rings. The molecular weight excluding hydrogens is 339 g/mol. The lowest BCUT2D eigenvalue weighted by Crippen LogP contribution is -2.14. The second-order valence-electron chi connectivity index (χ2n) is 5.86. The topological polar surface area (TPSA) is 76.7 Å². The molecule has 2 aromatic carbocycles. The normalized spacial score (nSPS) is 10.4. The molecule has 2 amide bonds. The van der Waals surface area contributed by atoms with E-state index < -0.39 is 11.7 Å². The van der Waals surface area contributed by atoms with Crippen LogP contribution in [0.15, 0.2) is 36.4 Å². The summed E-state index contributed by atoms with van der Waals surface area (Å²) in [4.78, 5) is 23.6. The van der Waals surface area contributed by atoms with Crippen molar-refractivity contribution in [3.63, 3.8) is 0 Å². The van der Waals surface area contributed by atoms with Gasteiger partial charge in [-0.15, -0.1) is 0 Å². The Morgan fingerprint density at radius 3 is 2.38 bits per heavy atom. The van der Waals surface area contributed by atoms with Gasteiger partial charge in [0.25, 0.3) is 5.91 Å². The van der Waals surface area contributed by atoms with Crippen LogP contribution in [-0.2, 0) is 4.79 Å². The largest absolute Gasteiger partial charge is 0.493 e. The smallest absolute Gasteiger partial charge is 0.255 e. The van der Waals surface area contributed by atoms with Crippen molar-refractivity contribution in [1.82, 2.24) is 0 Å². The minimum atomic E-state index is -0.612. The summed E-state index contributed by atoms with van der Waals surface area (Å²) in [5.74, 6) is -0.506. The van der Waals surface area contributed by atoms with Crippen molar-refractivity contribution < 1.29 is 23.5 Å². The van der Waals surface area contributed by atoms with E-state index >= 15 is 0 Å². The van der Waals surface area contributed by atoms with Crippen LogP contribution >= 0.6 is 0 Å². The summed E-state index contributed by atoms with van der Waals surface area (Å²) in [5.41, 5.74) is 0.623. The highest BCUT2D eigenvalue weighted by molar-refractivity contribution is 6.05. The lowest BCUT2D eigenvalue weighted by Gasteiger charge is -2.14. The third-order valence-corrected chi connectivity index (χ3v) is 3.32. The summed E-state index contributed by atoms with van der Waals surface area (Å²) in [5, 5.41) is 5.03.